The zero-order chi connectivity index (χ0) is 21.5. The lowest BCUT2D eigenvalue weighted by atomic mass is 9.49. The zero-order valence-corrected chi connectivity index (χ0v) is 19.7. The van der Waals surface area contributed by atoms with Crippen molar-refractivity contribution in [3.8, 4) is 0 Å². The van der Waals surface area contributed by atoms with E-state index in [1.807, 2.05) is 12.4 Å². The van der Waals surface area contributed by atoms with Gasteiger partial charge in [0.2, 0.25) is 0 Å². The Morgan fingerprint density at radius 3 is 2.32 bits per heavy atom. The summed E-state index contributed by atoms with van der Waals surface area (Å²) in [5.41, 5.74) is 1.85. The maximum atomic E-state index is 13.0. The number of aromatic nitrogens is 1. The fourth-order valence-electron chi connectivity index (χ4n) is 7.16. The van der Waals surface area contributed by atoms with Crippen LogP contribution >= 0.6 is 0 Å². The minimum absolute atomic E-state index is 0.163. The summed E-state index contributed by atoms with van der Waals surface area (Å²) < 4.78 is 0. The first-order valence-corrected chi connectivity index (χ1v) is 13.1. The summed E-state index contributed by atoms with van der Waals surface area (Å²) in [7, 11) is 0. The quantitative estimate of drug-likeness (QED) is 0.404. The Morgan fingerprint density at radius 2 is 1.68 bits per heavy atom. The van der Waals surface area contributed by atoms with Crippen LogP contribution in [-0.4, -0.2) is 35.5 Å². The smallest absolute Gasteiger partial charge is 0.317 e. The molecule has 4 saturated carbocycles. The monoisotopic (exact) mass is 425 g/mol. The summed E-state index contributed by atoms with van der Waals surface area (Å²) in [4.78, 5) is 19.3. The third-order valence-corrected chi connectivity index (χ3v) is 8.31. The second-order valence-electron chi connectivity index (χ2n) is 10.9. The topological polar surface area (TPSA) is 45.2 Å². The van der Waals surface area contributed by atoms with Gasteiger partial charge in [0.15, 0.2) is 0 Å². The van der Waals surface area contributed by atoms with Crippen LogP contribution in [-0.2, 0) is 6.42 Å². The Bertz CT molecular complexity index is 654. The highest BCUT2D eigenvalue weighted by molar-refractivity contribution is 5.74. The summed E-state index contributed by atoms with van der Waals surface area (Å²) in [6.07, 6.45) is 20.6. The Balaban J connectivity index is 1.26. The van der Waals surface area contributed by atoms with Gasteiger partial charge < -0.3 is 10.2 Å². The number of urea groups is 1. The predicted molar refractivity (Wildman–Crippen MR) is 127 cm³/mol. The number of rotatable bonds is 12. The van der Waals surface area contributed by atoms with Gasteiger partial charge in [-0.3, -0.25) is 4.98 Å². The minimum Gasteiger partial charge on any atom is -0.338 e. The molecule has 0 saturated heterocycles. The van der Waals surface area contributed by atoms with E-state index >= 15 is 0 Å². The van der Waals surface area contributed by atoms with Crippen LogP contribution in [0.5, 0.6) is 0 Å². The Labute approximate surface area is 189 Å². The number of nitrogens with one attached hydrogen (secondary N) is 1. The highest BCUT2D eigenvalue weighted by atomic mass is 16.2. The van der Waals surface area contributed by atoms with E-state index in [0.717, 1.165) is 56.7 Å². The average molecular weight is 426 g/mol. The third-order valence-electron chi connectivity index (χ3n) is 8.31. The van der Waals surface area contributed by atoms with Crippen LogP contribution in [0.25, 0.3) is 0 Å². The van der Waals surface area contributed by atoms with Crippen LogP contribution in [0.1, 0.15) is 89.5 Å². The van der Waals surface area contributed by atoms with Gasteiger partial charge in [-0.25, -0.2) is 4.79 Å². The average Bonchev–Trinajstić information content (AvgIpc) is 2.76. The molecule has 4 bridgehead atoms. The van der Waals surface area contributed by atoms with Gasteiger partial charge in [0.1, 0.15) is 0 Å². The van der Waals surface area contributed by atoms with Crippen LogP contribution in [0.15, 0.2) is 24.5 Å². The molecule has 4 aliphatic rings. The van der Waals surface area contributed by atoms with Gasteiger partial charge in [-0.05, 0) is 105 Å². The second kappa shape index (κ2) is 10.8. The molecule has 4 fully saturated rings. The normalized spacial score (nSPS) is 28.6. The molecule has 172 valence electrons. The maximum Gasteiger partial charge on any atom is 0.317 e. The van der Waals surface area contributed by atoms with Crippen molar-refractivity contribution in [1.82, 2.24) is 15.2 Å². The van der Waals surface area contributed by atoms with E-state index < -0.39 is 0 Å². The predicted octanol–water partition coefficient (Wildman–Crippen LogP) is 6.21. The minimum atomic E-state index is 0.163. The van der Waals surface area contributed by atoms with Gasteiger partial charge in [-0.2, -0.15) is 0 Å². The first kappa shape index (κ1) is 22.6. The van der Waals surface area contributed by atoms with Crippen molar-refractivity contribution >= 4 is 6.03 Å². The van der Waals surface area contributed by atoms with E-state index in [-0.39, 0.29) is 6.03 Å². The third kappa shape index (κ3) is 6.23. The molecule has 0 radical (unpaired) electrons. The molecule has 0 aliphatic heterocycles. The van der Waals surface area contributed by atoms with Crippen LogP contribution < -0.4 is 5.32 Å². The maximum absolute atomic E-state index is 13.0. The van der Waals surface area contributed by atoms with E-state index in [0.29, 0.717) is 5.41 Å². The van der Waals surface area contributed by atoms with Crippen molar-refractivity contribution in [2.75, 3.05) is 19.6 Å². The second-order valence-corrected chi connectivity index (χ2v) is 10.9. The molecule has 0 aromatic carbocycles. The number of hydrogen-bond acceptors (Lipinski definition) is 2. The Morgan fingerprint density at radius 1 is 1.00 bits per heavy atom. The van der Waals surface area contributed by atoms with Gasteiger partial charge in [-0.1, -0.05) is 26.2 Å². The lowest BCUT2D eigenvalue weighted by molar-refractivity contribution is -0.0596. The highest BCUT2D eigenvalue weighted by Crippen LogP contribution is 2.61. The molecule has 0 atom stereocenters. The van der Waals surface area contributed by atoms with Crippen molar-refractivity contribution in [2.45, 2.75) is 90.4 Å². The molecule has 1 aromatic heterocycles. The number of hydrogen-bond donors (Lipinski definition) is 1. The molecule has 1 heterocycles. The summed E-state index contributed by atoms with van der Waals surface area (Å²) in [6.45, 7) is 4.88. The van der Waals surface area contributed by atoms with Crippen molar-refractivity contribution < 1.29 is 4.79 Å². The number of nitrogens with zero attached hydrogens (tertiary/aromatic N) is 2. The number of pyridine rings is 1. The van der Waals surface area contributed by atoms with E-state index in [9.17, 15) is 4.79 Å². The molecular formula is C27H43N3O. The first-order chi connectivity index (χ1) is 15.2. The van der Waals surface area contributed by atoms with Gasteiger partial charge >= 0.3 is 6.03 Å². The number of aryl methyl sites for hydroxylation is 1. The summed E-state index contributed by atoms with van der Waals surface area (Å²) in [6, 6.07) is 4.29. The molecule has 1 aromatic rings. The fraction of sp³-hybridized carbons (Fsp3) is 0.778. The lowest BCUT2D eigenvalue weighted by Gasteiger charge is -2.57. The Kier molecular flexibility index (Phi) is 7.90. The molecule has 4 aliphatic carbocycles. The van der Waals surface area contributed by atoms with E-state index in [4.69, 9.17) is 0 Å². The van der Waals surface area contributed by atoms with Gasteiger partial charge in [-0.15, -0.1) is 0 Å². The van der Waals surface area contributed by atoms with Crippen LogP contribution in [0.2, 0.25) is 0 Å². The van der Waals surface area contributed by atoms with Gasteiger partial charge in [0, 0.05) is 32.0 Å². The molecule has 4 heteroatoms. The standard InChI is InChI=1S/C27H43N3O/c1-2-3-4-5-14-30(26(31)29-11-6-7-22-8-12-28-13-9-22)15-10-27-19-23-16-24(20-27)18-25(17-23)21-27/h8-9,12-13,23-25H,2-7,10-11,14-21H2,1H3,(H,29,31). The molecule has 5 rings (SSSR count). The van der Waals surface area contributed by atoms with Crippen molar-refractivity contribution in [2.24, 2.45) is 23.2 Å². The molecule has 4 nitrogen and oxygen atoms in total. The van der Waals surface area contributed by atoms with E-state index in [2.05, 4.69) is 34.3 Å². The fourth-order valence-corrected chi connectivity index (χ4v) is 7.16. The first-order valence-electron chi connectivity index (χ1n) is 13.1. The highest BCUT2D eigenvalue weighted by Gasteiger charge is 2.50. The molecule has 0 unspecified atom stereocenters. The number of carbonyl (C=O) groups excluding carboxylic acids is 1. The van der Waals surface area contributed by atoms with E-state index in [1.165, 1.54) is 69.8 Å². The molecule has 0 spiro atoms. The van der Waals surface area contributed by atoms with Crippen LogP contribution in [0, 0.1) is 23.2 Å². The molecule has 1 N–H and O–H groups in total. The van der Waals surface area contributed by atoms with Gasteiger partial charge in [0.05, 0.1) is 0 Å². The Hall–Kier alpha value is -1.58. The van der Waals surface area contributed by atoms with E-state index in [1.54, 1.807) is 0 Å². The van der Waals surface area contributed by atoms with Crippen molar-refractivity contribution in [3.05, 3.63) is 30.1 Å². The summed E-state index contributed by atoms with van der Waals surface area (Å²) in [5.74, 6) is 2.98. The molecular weight excluding hydrogens is 382 g/mol. The van der Waals surface area contributed by atoms with Gasteiger partial charge in [0.25, 0.3) is 0 Å². The SMILES string of the molecule is CCCCCCN(CCC12CC3CC(CC(C3)C1)C2)C(=O)NCCCc1ccncc1. The largest absolute Gasteiger partial charge is 0.338 e. The lowest BCUT2D eigenvalue weighted by Crippen LogP contribution is -2.48. The number of amides is 2. The summed E-state index contributed by atoms with van der Waals surface area (Å²) >= 11 is 0. The summed E-state index contributed by atoms with van der Waals surface area (Å²) in [5, 5.41) is 3.22. The van der Waals surface area contributed by atoms with Crippen LogP contribution in [0.3, 0.4) is 0 Å². The zero-order valence-electron chi connectivity index (χ0n) is 19.7. The number of carbonyl (C=O) groups is 1. The molecule has 2 amide bonds. The number of unbranched alkanes of at least 4 members (excludes halogenated alkanes) is 3. The van der Waals surface area contributed by atoms with Crippen molar-refractivity contribution in [1.29, 1.82) is 0 Å². The molecule has 31 heavy (non-hydrogen) atoms. The van der Waals surface area contributed by atoms with Crippen molar-refractivity contribution in [3.63, 3.8) is 0 Å². The van der Waals surface area contributed by atoms with Crippen LogP contribution in [0.4, 0.5) is 4.79 Å².